The molecule has 0 fully saturated rings. The summed E-state index contributed by atoms with van der Waals surface area (Å²) >= 11 is 0. The fourth-order valence-corrected chi connectivity index (χ4v) is 0.602. The fourth-order valence-electron chi connectivity index (χ4n) is 0.602. The van der Waals surface area contributed by atoms with Gasteiger partial charge in [-0.3, -0.25) is 4.79 Å². The SMILES string of the molecule is CCC=CCC(=O)C(C)C. The molecule has 58 valence electrons. The van der Waals surface area contributed by atoms with E-state index >= 15 is 0 Å². The third-order valence-electron chi connectivity index (χ3n) is 1.37. The Balaban J connectivity index is 3.49. The molecule has 10 heavy (non-hydrogen) atoms. The minimum atomic E-state index is 0.182. The molecule has 0 spiro atoms. The van der Waals surface area contributed by atoms with Gasteiger partial charge < -0.3 is 0 Å². The first kappa shape index (κ1) is 9.41. The Labute approximate surface area is 63.1 Å². The Morgan fingerprint density at radius 1 is 1.40 bits per heavy atom. The van der Waals surface area contributed by atoms with Crippen LogP contribution in [0.4, 0.5) is 0 Å². The smallest absolute Gasteiger partial charge is 0.139 e. The highest BCUT2D eigenvalue weighted by Crippen LogP contribution is 1.99. The average molecular weight is 140 g/mol. The fraction of sp³-hybridized carbons (Fsp3) is 0.667. The minimum absolute atomic E-state index is 0.182. The van der Waals surface area contributed by atoms with Crippen LogP contribution < -0.4 is 0 Å². The lowest BCUT2D eigenvalue weighted by Crippen LogP contribution is -2.04. The molecule has 0 aromatic rings. The number of carbonyl (C=O) groups excluding carboxylic acids is 1. The van der Waals surface area contributed by atoms with Crippen LogP contribution >= 0.6 is 0 Å². The van der Waals surface area contributed by atoms with Crippen molar-refractivity contribution in [1.82, 2.24) is 0 Å². The van der Waals surface area contributed by atoms with Crippen LogP contribution in [0.1, 0.15) is 33.6 Å². The summed E-state index contributed by atoms with van der Waals surface area (Å²) in [4.78, 5) is 11.0. The zero-order valence-corrected chi connectivity index (χ0v) is 7.05. The molecule has 0 aliphatic heterocycles. The molecular weight excluding hydrogens is 124 g/mol. The monoisotopic (exact) mass is 140 g/mol. The first-order chi connectivity index (χ1) is 4.68. The number of ketones is 1. The molecule has 0 radical (unpaired) electrons. The van der Waals surface area contributed by atoms with Crippen LogP contribution in [0.2, 0.25) is 0 Å². The molecule has 0 heterocycles. The Kier molecular flexibility index (Phi) is 4.91. The van der Waals surface area contributed by atoms with Gasteiger partial charge in [-0.1, -0.05) is 32.9 Å². The Morgan fingerprint density at radius 3 is 2.40 bits per heavy atom. The number of rotatable bonds is 4. The maximum atomic E-state index is 11.0. The molecule has 0 unspecified atom stereocenters. The van der Waals surface area contributed by atoms with Gasteiger partial charge in [-0.25, -0.2) is 0 Å². The van der Waals surface area contributed by atoms with E-state index in [-0.39, 0.29) is 5.92 Å². The van der Waals surface area contributed by atoms with Gasteiger partial charge in [-0.05, 0) is 6.42 Å². The lowest BCUT2D eigenvalue weighted by molar-refractivity contribution is -0.121. The summed E-state index contributed by atoms with van der Waals surface area (Å²) in [5.41, 5.74) is 0. The van der Waals surface area contributed by atoms with E-state index in [9.17, 15) is 4.79 Å². The van der Waals surface area contributed by atoms with Crippen LogP contribution in [0, 0.1) is 5.92 Å². The lowest BCUT2D eigenvalue weighted by Gasteiger charge is -1.97. The zero-order valence-electron chi connectivity index (χ0n) is 7.05. The van der Waals surface area contributed by atoms with Crippen molar-refractivity contribution in [1.29, 1.82) is 0 Å². The summed E-state index contributed by atoms with van der Waals surface area (Å²) in [5.74, 6) is 0.506. The van der Waals surface area contributed by atoms with Crippen molar-refractivity contribution >= 4 is 5.78 Å². The molecule has 0 saturated heterocycles. The highest BCUT2D eigenvalue weighted by atomic mass is 16.1. The molecule has 0 aromatic heterocycles. The van der Waals surface area contributed by atoms with E-state index in [1.165, 1.54) is 0 Å². The lowest BCUT2D eigenvalue weighted by atomic mass is 10.1. The van der Waals surface area contributed by atoms with Gasteiger partial charge in [0.25, 0.3) is 0 Å². The van der Waals surface area contributed by atoms with Crippen LogP contribution in [0.15, 0.2) is 12.2 Å². The Bertz CT molecular complexity index is 123. The largest absolute Gasteiger partial charge is 0.299 e. The Morgan fingerprint density at radius 2 is 2.00 bits per heavy atom. The summed E-state index contributed by atoms with van der Waals surface area (Å²) in [5, 5.41) is 0. The topological polar surface area (TPSA) is 17.1 Å². The van der Waals surface area contributed by atoms with Crippen molar-refractivity contribution in [2.24, 2.45) is 5.92 Å². The van der Waals surface area contributed by atoms with E-state index in [1.807, 2.05) is 26.0 Å². The summed E-state index contributed by atoms with van der Waals surface area (Å²) in [7, 11) is 0. The minimum Gasteiger partial charge on any atom is -0.299 e. The van der Waals surface area contributed by atoms with Gasteiger partial charge in [-0.15, -0.1) is 0 Å². The van der Waals surface area contributed by atoms with Crippen LogP contribution in [0.3, 0.4) is 0 Å². The van der Waals surface area contributed by atoms with E-state index in [0.717, 1.165) is 6.42 Å². The second kappa shape index (κ2) is 5.21. The van der Waals surface area contributed by atoms with Gasteiger partial charge in [-0.2, -0.15) is 0 Å². The van der Waals surface area contributed by atoms with E-state index in [4.69, 9.17) is 0 Å². The normalized spacial score (nSPS) is 11.2. The number of carbonyl (C=O) groups is 1. The van der Waals surface area contributed by atoms with E-state index < -0.39 is 0 Å². The van der Waals surface area contributed by atoms with Crippen molar-refractivity contribution in [3.8, 4) is 0 Å². The number of hydrogen-bond acceptors (Lipinski definition) is 1. The van der Waals surface area contributed by atoms with Crippen LogP contribution in [-0.2, 0) is 4.79 Å². The van der Waals surface area contributed by atoms with Gasteiger partial charge in [0.15, 0.2) is 0 Å². The highest BCUT2D eigenvalue weighted by molar-refractivity contribution is 5.81. The summed E-state index contributed by atoms with van der Waals surface area (Å²) < 4.78 is 0. The summed E-state index contributed by atoms with van der Waals surface area (Å²) in [6.45, 7) is 5.93. The van der Waals surface area contributed by atoms with E-state index in [1.54, 1.807) is 0 Å². The third kappa shape index (κ3) is 4.30. The molecule has 1 nitrogen and oxygen atoms in total. The van der Waals surface area contributed by atoms with Gasteiger partial charge in [0.05, 0.1) is 0 Å². The third-order valence-corrected chi connectivity index (χ3v) is 1.37. The van der Waals surface area contributed by atoms with E-state index in [2.05, 4.69) is 6.92 Å². The first-order valence-corrected chi connectivity index (χ1v) is 3.86. The zero-order chi connectivity index (χ0) is 7.98. The van der Waals surface area contributed by atoms with Gasteiger partial charge in [0, 0.05) is 12.3 Å². The average Bonchev–Trinajstić information content (AvgIpc) is 1.88. The van der Waals surface area contributed by atoms with Crippen molar-refractivity contribution in [2.45, 2.75) is 33.6 Å². The first-order valence-electron chi connectivity index (χ1n) is 3.86. The number of hydrogen-bond donors (Lipinski definition) is 0. The van der Waals surface area contributed by atoms with Gasteiger partial charge >= 0.3 is 0 Å². The second-order valence-electron chi connectivity index (χ2n) is 2.70. The quantitative estimate of drug-likeness (QED) is 0.548. The van der Waals surface area contributed by atoms with Crippen LogP contribution in [-0.4, -0.2) is 5.78 Å². The second-order valence-corrected chi connectivity index (χ2v) is 2.70. The predicted molar refractivity (Wildman–Crippen MR) is 43.9 cm³/mol. The highest BCUT2D eigenvalue weighted by Gasteiger charge is 2.02. The molecule has 0 aromatic carbocycles. The summed E-state index contributed by atoms with van der Waals surface area (Å²) in [6, 6.07) is 0. The molecular formula is C9H16O. The van der Waals surface area contributed by atoms with Crippen LogP contribution in [0.5, 0.6) is 0 Å². The summed E-state index contributed by atoms with van der Waals surface area (Å²) in [6.07, 6.45) is 5.60. The molecule has 0 aliphatic carbocycles. The van der Waals surface area contributed by atoms with Crippen molar-refractivity contribution in [2.75, 3.05) is 0 Å². The molecule has 1 heteroatoms. The molecule has 0 amide bonds. The molecule has 0 bridgehead atoms. The molecule has 0 aliphatic rings. The predicted octanol–water partition coefficient (Wildman–Crippen LogP) is 2.57. The molecule has 0 rings (SSSR count). The molecule has 0 saturated carbocycles. The van der Waals surface area contributed by atoms with E-state index in [0.29, 0.717) is 12.2 Å². The maximum Gasteiger partial charge on any atom is 0.139 e. The molecule has 0 atom stereocenters. The van der Waals surface area contributed by atoms with Crippen molar-refractivity contribution in [3.63, 3.8) is 0 Å². The van der Waals surface area contributed by atoms with Crippen molar-refractivity contribution in [3.05, 3.63) is 12.2 Å². The number of Topliss-reactive ketones (excluding diaryl/α,β-unsaturated/α-hetero) is 1. The standard InChI is InChI=1S/C9H16O/c1-4-5-6-7-9(10)8(2)3/h5-6,8H,4,7H2,1-3H3. The van der Waals surface area contributed by atoms with Crippen LogP contribution in [0.25, 0.3) is 0 Å². The Hall–Kier alpha value is -0.590. The van der Waals surface area contributed by atoms with Gasteiger partial charge in [0.1, 0.15) is 5.78 Å². The molecule has 0 N–H and O–H groups in total. The van der Waals surface area contributed by atoms with Gasteiger partial charge in [0.2, 0.25) is 0 Å². The van der Waals surface area contributed by atoms with Crippen molar-refractivity contribution < 1.29 is 4.79 Å². The number of allylic oxidation sites excluding steroid dienone is 2. The maximum absolute atomic E-state index is 11.0.